The number of hydrazine groups is 1. The molecule has 0 unspecified atom stereocenters. The van der Waals surface area contributed by atoms with E-state index in [0.29, 0.717) is 49.8 Å². The van der Waals surface area contributed by atoms with E-state index in [1.165, 1.54) is 0 Å². The highest BCUT2D eigenvalue weighted by Gasteiger charge is 2.23. The zero-order valence-corrected chi connectivity index (χ0v) is 24.2. The number of methoxy groups -OCH3 is 1. The molecule has 5 rings (SSSR count). The number of carbonyl (C=O) groups is 1. The summed E-state index contributed by atoms with van der Waals surface area (Å²) in [4.78, 5) is 26.5. The fraction of sp³-hybridized carbons (Fsp3) is 0.500. The Hall–Kier alpha value is -3.67. The van der Waals surface area contributed by atoms with Gasteiger partial charge in [-0.05, 0) is 50.6 Å². The number of amides is 1. The van der Waals surface area contributed by atoms with Gasteiger partial charge in [0.05, 0.1) is 38.6 Å². The minimum atomic E-state index is -0.135. The van der Waals surface area contributed by atoms with Gasteiger partial charge in [0.15, 0.2) is 11.5 Å². The standard InChI is InChI=1S/C30H40N6O5/c1-22(2)41-24-7-5-23(6-8-24)30(37)33-36-12-10-35(11-13-36)29-25-19-27(38-3)28(20-26(25)31-21-32-29)40-16-4-9-34-14-17-39-18-15-34/h5-8,19-22H,4,9-18H2,1-3H3,(H,33,37). The zero-order valence-electron chi connectivity index (χ0n) is 24.2. The quantitative estimate of drug-likeness (QED) is 0.350. The third-order valence-corrected chi connectivity index (χ3v) is 7.21. The van der Waals surface area contributed by atoms with Crippen LogP contribution in [0.15, 0.2) is 42.7 Å². The van der Waals surface area contributed by atoms with Gasteiger partial charge in [0.1, 0.15) is 17.9 Å². The van der Waals surface area contributed by atoms with Crippen LogP contribution in [-0.2, 0) is 4.74 Å². The van der Waals surface area contributed by atoms with Gasteiger partial charge in [0.2, 0.25) is 0 Å². The Morgan fingerprint density at radius 2 is 1.76 bits per heavy atom. The summed E-state index contributed by atoms with van der Waals surface area (Å²) in [6.07, 6.45) is 2.60. The first-order valence-electron chi connectivity index (χ1n) is 14.3. The van der Waals surface area contributed by atoms with Gasteiger partial charge >= 0.3 is 0 Å². The molecule has 11 heteroatoms. The van der Waals surface area contributed by atoms with E-state index in [4.69, 9.17) is 18.9 Å². The van der Waals surface area contributed by atoms with E-state index in [1.807, 2.05) is 43.1 Å². The molecule has 3 heterocycles. The van der Waals surface area contributed by atoms with Crippen LogP contribution >= 0.6 is 0 Å². The predicted octanol–water partition coefficient (Wildman–Crippen LogP) is 2.99. The van der Waals surface area contributed by atoms with Crippen molar-refractivity contribution in [1.29, 1.82) is 0 Å². The van der Waals surface area contributed by atoms with Gasteiger partial charge in [0, 0.05) is 62.8 Å². The molecular formula is C30H40N6O5. The Bertz CT molecular complexity index is 1290. The number of hydrogen-bond acceptors (Lipinski definition) is 10. The summed E-state index contributed by atoms with van der Waals surface area (Å²) in [5.74, 6) is 2.81. The van der Waals surface area contributed by atoms with Crippen molar-refractivity contribution in [3.05, 3.63) is 48.3 Å². The molecule has 2 aliphatic rings. The molecule has 0 atom stereocenters. The van der Waals surface area contributed by atoms with Gasteiger partial charge in [0.25, 0.3) is 5.91 Å². The van der Waals surface area contributed by atoms with Crippen LogP contribution in [0, 0.1) is 0 Å². The van der Waals surface area contributed by atoms with Gasteiger partial charge in [-0.3, -0.25) is 15.1 Å². The van der Waals surface area contributed by atoms with Crippen LogP contribution in [0.25, 0.3) is 10.9 Å². The molecule has 0 radical (unpaired) electrons. The minimum absolute atomic E-state index is 0.0881. The van der Waals surface area contributed by atoms with E-state index >= 15 is 0 Å². The molecule has 2 aliphatic heterocycles. The van der Waals surface area contributed by atoms with E-state index in [0.717, 1.165) is 61.7 Å². The normalized spacial score (nSPS) is 16.6. The zero-order chi connectivity index (χ0) is 28.6. The second-order valence-corrected chi connectivity index (χ2v) is 10.5. The molecule has 0 saturated carbocycles. The molecule has 41 heavy (non-hydrogen) atoms. The lowest BCUT2D eigenvalue weighted by atomic mass is 10.2. The lowest BCUT2D eigenvalue weighted by molar-refractivity contribution is 0.0357. The molecule has 0 aliphatic carbocycles. The summed E-state index contributed by atoms with van der Waals surface area (Å²) >= 11 is 0. The highest BCUT2D eigenvalue weighted by Crippen LogP contribution is 2.35. The highest BCUT2D eigenvalue weighted by atomic mass is 16.5. The van der Waals surface area contributed by atoms with E-state index in [1.54, 1.807) is 25.6 Å². The molecule has 3 aromatic rings. The number of carbonyl (C=O) groups excluding carboxylic acids is 1. The number of nitrogens with zero attached hydrogens (tertiary/aromatic N) is 5. The summed E-state index contributed by atoms with van der Waals surface area (Å²) in [7, 11) is 1.65. The summed E-state index contributed by atoms with van der Waals surface area (Å²) in [5.41, 5.74) is 4.42. The largest absolute Gasteiger partial charge is 0.493 e. The van der Waals surface area contributed by atoms with Crippen molar-refractivity contribution in [3.63, 3.8) is 0 Å². The van der Waals surface area contributed by atoms with Gasteiger partial charge < -0.3 is 23.8 Å². The number of rotatable bonds is 11. The number of fused-ring (bicyclic) bond motifs is 1. The van der Waals surface area contributed by atoms with Crippen LogP contribution in [0.4, 0.5) is 5.82 Å². The second-order valence-electron chi connectivity index (χ2n) is 10.5. The molecule has 0 spiro atoms. The van der Waals surface area contributed by atoms with Gasteiger partial charge in [-0.1, -0.05) is 0 Å². The summed E-state index contributed by atoms with van der Waals surface area (Å²) < 4.78 is 22.9. The first kappa shape index (κ1) is 28.8. The van der Waals surface area contributed by atoms with Crippen molar-refractivity contribution in [2.24, 2.45) is 0 Å². The maximum atomic E-state index is 12.8. The van der Waals surface area contributed by atoms with Crippen LogP contribution in [-0.4, -0.2) is 105 Å². The maximum absolute atomic E-state index is 12.8. The highest BCUT2D eigenvalue weighted by molar-refractivity contribution is 5.94. The van der Waals surface area contributed by atoms with Crippen LogP contribution in [0.2, 0.25) is 0 Å². The van der Waals surface area contributed by atoms with Gasteiger partial charge in [-0.15, -0.1) is 0 Å². The van der Waals surface area contributed by atoms with Crippen LogP contribution in [0.5, 0.6) is 17.2 Å². The van der Waals surface area contributed by atoms with Gasteiger partial charge in [-0.25, -0.2) is 15.0 Å². The number of aromatic nitrogens is 2. The number of benzene rings is 2. The molecule has 1 amide bonds. The molecule has 1 aromatic heterocycles. The lowest BCUT2D eigenvalue weighted by Gasteiger charge is -2.35. The molecule has 11 nitrogen and oxygen atoms in total. The smallest absolute Gasteiger partial charge is 0.265 e. The van der Waals surface area contributed by atoms with E-state index in [9.17, 15) is 4.79 Å². The van der Waals surface area contributed by atoms with Crippen molar-refractivity contribution in [2.45, 2.75) is 26.4 Å². The Balaban J connectivity index is 1.17. The maximum Gasteiger partial charge on any atom is 0.265 e. The summed E-state index contributed by atoms with van der Waals surface area (Å²) in [5, 5.41) is 2.86. The average molecular weight is 565 g/mol. The average Bonchev–Trinajstić information content (AvgIpc) is 2.99. The third kappa shape index (κ3) is 7.55. The molecular weight excluding hydrogens is 524 g/mol. The van der Waals surface area contributed by atoms with Crippen molar-refractivity contribution in [1.82, 2.24) is 25.3 Å². The Labute approximate surface area is 241 Å². The number of nitrogens with one attached hydrogen (secondary N) is 1. The SMILES string of the molecule is COc1cc2c(N3CCN(NC(=O)c4ccc(OC(C)C)cc4)CC3)ncnc2cc1OCCCN1CCOCC1. The van der Waals surface area contributed by atoms with Crippen LogP contribution in [0.3, 0.4) is 0 Å². The second kappa shape index (κ2) is 13.8. The van der Waals surface area contributed by atoms with E-state index in [-0.39, 0.29) is 12.0 Å². The summed E-state index contributed by atoms with van der Waals surface area (Å²) in [6, 6.07) is 11.1. The van der Waals surface area contributed by atoms with E-state index in [2.05, 4.69) is 25.2 Å². The fourth-order valence-electron chi connectivity index (χ4n) is 5.07. The Morgan fingerprint density at radius 1 is 1.00 bits per heavy atom. The van der Waals surface area contributed by atoms with Crippen molar-refractivity contribution >= 4 is 22.6 Å². The molecule has 2 aromatic carbocycles. The number of hydrogen-bond donors (Lipinski definition) is 1. The number of morpholine rings is 1. The third-order valence-electron chi connectivity index (χ3n) is 7.21. The first-order valence-corrected chi connectivity index (χ1v) is 14.3. The van der Waals surface area contributed by atoms with Crippen LogP contribution < -0.4 is 24.5 Å². The molecule has 220 valence electrons. The Kier molecular flexibility index (Phi) is 9.71. The van der Waals surface area contributed by atoms with Crippen LogP contribution in [0.1, 0.15) is 30.6 Å². The topological polar surface area (TPSA) is 102 Å². The monoisotopic (exact) mass is 564 g/mol. The Morgan fingerprint density at radius 3 is 2.46 bits per heavy atom. The summed E-state index contributed by atoms with van der Waals surface area (Å²) in [6.45, 7) is 11.8. The number of anilines is 1. The number of ether oxygens (including phenoxy) is 4. The fourth-order valence-corrected chi connectivity index (χ4v) is 5.07. The predicted molar refractivity (Wildman–Crippen MR) is 157 cm³/mol. The molecule has 2 fully saturated rings. The van der Waals surface area contributed by atoms with Gasteiger partial charge in [-0.2, -0.15) is 0 Å². The van der Waals surface area contributed by atoms with Crippen molar-refractivity contribution in [2.75, 3.05) is 77.6 Å². The minimum Gasteiger partial charge on any atom is -0.493 e. The molecule has 0 bridgehead atoms. The van der Waals surface area contributed by atoms with Crippen molar-refractivity contribution in [3.8, 4) is 17.2 Å². The van der Waals surface area contributed by atoms with E-state index < -0.39 is 0 Å². The number of piperazine rings is 1. The molecule has 1 N–H and O–H groups in total. The molecule has 2 saturated heterocycles. The van der Waals surface area contributed by atoms with Crippen molar-refractivity contribution < 1.29 is 23.7 Å². The first-order chi connectivity index (χ1) is 20.0. The lowest BCUT2D eigenvalue weighted by Crippen LogP contribution is -2.53.